The summed E-state index contributed by atoms with van der Waals surface area (Å²) in [6, 6.07) is 8.22. The van der Waals surface area contributed by atoms with E-state index in [1.807, 2.05) is 12.1 Å². The van der Waals surface area contributed by atoms with Gasteiger partial charge in [0.25, 0.3) is 0 Å². The van der Waals surface area contributed by atoms with E-state index in [0.29, 0.717) is 42.5 Å². The summed E-state index contributed by atoms with van der Waals surface area (Å²) in [5.74, 6) is 0. The van der Waals surface area contributed by atoms with E-state index in [2.05, 4.69) is 29.1 Å². The fraction of sp³-hybridized carbons (Fsp3) is 0.471. The van der Waals surface area contributed by atoms with Gasteiger partial charge in [0, 0.05) is 38.9 Å². The third-order valence-electron chi connectivity index (χ3n) is 4.74. The molecule has 24 heavy (non-hydrogen) atoms. The second kappa shape index (κ2) is 6.22. The number of piperazine rings is 1. The summed E-state index contributed by atoms with van der Waals surface area (Å²) in [4.78, 5) is 2.61. The molecule has 7 heteroatoms. The van der Waals surface area contributed by atoms with E-state index in [-0.39, 0.29) is 0 Å². The SMILES string of the molecule is Cc1ccccc1N1CCN(S(=O)(=O)c2c(C)nn(C)c2C)CC1. The minimum Gasteiger partial charge on any atom is -0.369 e. The van der Waals surface area contributed by atoms with Crippen LogP contribution in [0.15, 0.2) is 29.2 Å². The standard InChI is InChI=1S/C17H24N4O2S/c1-13-7-5-6-8-16(13)20-9-11-21(12-10-20)24(22,23)17-14(2)18-19(4)15(17)3/h5-8H,9-12H2,1-4H3. The molecule has 6 nitrogen and oxygen atoms in total. The lowest BCUT2D eigenvalue weighted by Gasteiger charge is -2.36. The summed E-state index contributed by atoms with van der Waals surface area (Å²) in [6.07, 6.45) is 0. The first kappa shape index (κ1) is 17.0. The van der Waals surface area contributed by atoms with Crippen molar-refractivity contribution in [1.82, 2.24) is 14.1 Å². The fourth-order valence-corrected chi connectivity index (χ4v) is 5.17. The van der Waals surface area contributed by atoms with E-state index in [4.69, 9.17) is 0 Å². The number of aryl methyl sites for hydroxylation is 3. The molecule has 1 fully saturated rings. The molecule has 1 aromatic heterocycles. The molecule has 1 saturated heterocycles. The van der Waals surface area contributed by atoms with Gasteiger partial charge in [-0.1, -0.05) is 18.2 Å². The van der Waals surface area contributed by atoms with Gasteiger partial charge in [0.05, 0.1) is 11.4 Å². The molecule has 0 amide bonds. The van der Waals surface area contributed by atoms with Crippen molar-refractivity contribution in [3.63, 3.8) is 0 Å². The van der Waals surface area contributed by atoms with E-state index in [1.54, 1.807) is 29.9 Å². The lowest BCUT2D eigenvalue weighted by Crippen LogP contribution is -2.49. The van der Waals surface area contributed by atoms with Crippen molar-refractivity contribution >= 4 is 15.7 Å². The molecular formula is C17H24N4O2S. The second-order valence-electron chi connectivity index (χ2n) is 6.30. The van der Waals surface area contributed by atoms with Crippen molar-refractivity contribution in [1.29, 1.82) is 0 Å². The van der Waals surface area contributed by atoms with E-state index >= 15 is 0 Å². The molecule has 0 bridgehead atoms. The van der Waals surface area contributed by atoms with Gasteiger partial charge in [-0.05, 0) is 32.4 Å². The van der Waals surface area contributed by atoms with Crippen LogP contribution in [0, 0.1) is 20.8 Å². The van der Waals surface area contributed by atoms with Crippen molar-refractivity contribution in [2.24, 2.45) is 7.05 Å². The minimum atomic E-state index is -3.49. The Morgan fingerprint density at radius 2 is 1.62 bits per heavy atom. The Labute approximate surface area is 143 Å². The van der Waals surface area contributed by atoms with Crippen LogP contribution in [0.25, 0.3) is 0 Å². The summed E-state index contributed by atoms with van der Waals surface area (Å²) >= 11 is 0. The van der Waals surface area contributed by atoms with Gasteiger partial charge < -0.3 is 4.90 Å². The van der Waals surface area contributed by atoms with Gasteiger partial charge in [-0.3, -0.25) is 4.68 Å². The predicted octanol–water partition coefficient (Wildman–Crippen LogP) is 1.86. The Balaban J connectivity index is 1.80. The molecule has 2 heterocycles. The smallest absolute Gasteiger partial charge is 0.246 e. The number of rotatable bonds is 3. The number of aromatic nitrogens is 2. The zero-order valence-corrected chi connectivity index (χ0v) is 15.5. The Morgan fingerprint density at radius 1 is 1.00 bits per heavy atom. The van der Waals surface area contributed by atoms with E-state index in [1.165, 1.54) is 11.3 Å². The Morgan fingerprint density at radius 3 is 2.17 bits per heavy atom. The molecule has 0 unspecified atom stereocenters. The second-order valence-corrected chi connectivity index (χ2v) is 8.18. The van der Waals surface area contributed by atoms with Crippen LogP contribution in [0.3, 0.4) is 0 Å². The van der Waals surface area contributed by atoms with Gasteiger partial charge in [-0.25, -0.2) is 8.42 Å². The molecule has 0 atom stereocenters. The molecule has 0 saturated carbocycles. The van der Waals surface area contributed by atoms with Crippen LogP contribution in [-0.2, 0) is 17.1 Å². The topological polar surface area (TPSA) is 58.4 Å². The van der Waals surface area contributed by atoms with Gasteiger partial charge in [-0.2, -0.15) is 9.40 Å². The van der Waals surface area contributed by atoms with Crippen LogP contribution in [0.4, 0.5) is 5.69 Å². The maximum Gasteiger partial charge on any atom is 0.246 e. The van der Waals surface area contributed by atoms with Gasteiger partial charge in [0.1, 0.15) is 4.90 Å². The molecule has 3 rings (SSSR count). The van der Waals surface area contributed by atoms with Crippen LogP contribution in [0.5, 0.6) is 0 Å². The highest BCUT2D eigenvalue weighted by Gasteiger charge is 2.33. The van der Waals surface area contributed by atoms with Crippen molar-refractivity contribution in [2.75, 3.05) is 31.1 Å². The van der Waals surface area contributed by atoms with Gasteiger partial charge >= 0.3 is 0 Å². The van der Waals surface area contributed by atoms with Gasteiger partial charge in [0.2, 0.25) is 10.0 Å². The summed E-state index contributed by atoms with van der Waals surface area (Å²) in [5.41, 5.74) is 3.65. The lowest BCUT2D eigenvalue weighted by molar-refractivity contribution is 0.384. The maximum atomic E-state index is 13.0. The van der Waals surface area contributed by atoms with E-state index in [9.17, 15) is 8.42 Å². The first-order chi connectivity index (χ1) is 11.3. The molecule has 2 aromatic rings. The average Bonchev–Trinajstić information content (AvgIpc) is 2.81. The molecule has 0 aliphatic carbocycles. The van der Waals surface area contributed by atoms with Crippen molar-refractivity contribution < 1.29 is 8.42 Å². The molecule has 1 aliphatic rings. The van der Waals surface area contributed by atoms with Crippen LogP contribution < -0.4 is 4.90 Å². The number of hydrogen-bond acceptors (Lipinski definition) is 4. The number of benzene rings is 1. The molecule has 0 N–H and O–H groups in total. The third-order valence-corrected chi connectivity index (χ3v) is 6.89. The first-order valence-electron chi connectivity index (χ1n) is 8.13. The number of para-hydroxylation sites is 1. The van der Waals surface area contributed by atoms with Crippen molar-refractivity contribution in [3.8, 4) is 0 Å². The van der Waals surface area contributed by atoms with Crippen LogP contribution in [0.2, 0.25) is 0 Å². The first-order valence-corrected chi connectivity index (χ1v) is 9.57. The lowest BCUT2D eigenvalue weighted by atomic mass is 10.1. The largest absolute Gasteiger partial charge is 0.369 e. The summed E-state index contributed by atoms with van der Waals surface area (Å²) < 4.78 is 29.2. The Bertz CT molecular complexity index is 849. The highest BCUT2D eigenvalue weighted by atomic mass is 32.2. The number of nitrogens with zero attached hydrogens (tertiary/aromatic N) is 4. The van der Waals surface area contributed by atoms with E-state index in [0.717, 1.165) is 0 Å². The zero-order chi connectivity index (χ0) is 17.5. The van der Waals surface area contributed by atoms with Crippen molar-refractivity contribution in [3.05, 3.63) is 41.2 Å². The molecule has 1 aromatic carbocycles. The van der Waals surface area contributed by atoms with Crippen LogP contribution in [-0.4, -0.2) is 48.7 Å². The Kier molecular flexibility index (Phi) is 4.40. The maximum absolute atomic E-state index is 13.0. The summed E-state index contributed by atoms with van der Waals surface area (Å²) in [7, 11) is -1.72. The van der Waals surface area contributed by atoms with Gasteiger partial charge in [-0.15, -0.1) is 0 Å². The van der Waals surface area contributed by atoms with Gasteiger partial charge in [0.15, 0.2) is 0 Å². The van der Waals surface area contributed by atoms with Crippen LogP contribution >= 0.6 is 0 Å². The van der Waals surface area contributed by atoms with E-state index < -0.39 is 10.0 Å². The minimum absolute atomic E-state index is 0.356. The summed E-state index contributed by atoms with van der Waals surface area (Å²) in [6.45, 7) is 8.01. The Hall–Kier alpha value is -1.86. The monoisotopic (exact) mass is 348 g/mol. The highest BCUT2D eigenvalue weighted by molar-refractivity contribution is 7.89. The molecule has 0 spiro atoms. The zero-order valence-electron chi connectivity index (χ0n) is 14.7. The quantitative estimate of drug-likeness (QED) is 0.849. The number of hydrogen-bond donors (Lipinski definition) is 0. The molecule has 0 radical (unpaired) electrons. The van der Waals surface area contributed by atoms with Crippen molar-refractivity contribution in [2.45, 2.75) is 25.7 Å². The fourth-order valence-electron chi connectivity index (χ4n) is 3.34. The molecule has 1 aliphatic heterocycles. The molecular weight excluding hydrogens is 324 g/mol. The van der Waals surface area contributed by atoms with Crippen LogP contribution in [0.1, 0.15) is 17.0 Å². The third kappa shape index (κ3) is 2.82. The highest BCUT2D eigenvalue weighted by Crippen LogP contribution is 2.26. The number of sulfonamides is 1. The normalized spacial score (nSPS) is 16.6. The predicted molar refractivity (Wildman–Crippen MR) is 94.8 cm³/mol. The number of anilines is 1. The average molecular weight is 348 g/mol. The molecule has 130 valence electrons. The summed E-state index contributed by atoms with van der Waals surface area (Å²) in [5, 5.41) is 4.25.